The first kappa shape index (κ1) is 12.4. The number of rotatable bonds is 2. The van der Waals surface area contributed by atoms with Crippen molar-refractivity contribution in [3.05, 3.63) is 21.9 Å². The maximum Gasteiger partial charge on any atom is 0.193 e. The van der Waals surface area contributed by atoms with Crippen molar-refractivity contribution in [2.75, 3.05) is 12.5 Å². The smallest absolute Gasteiger partial charge is 0.193 e. The minimum absolute atomic E-state index is 0.0341. The van der Waals surface area contributed by atoms with Crippen molar-refractivity contribution in [2.24, 2.45) is 0 Å². The molecule has 90 valence electrons. The number of thiophene rings is 1. The van der Waals surface area contributed by atoms with Crippen LogP contribution in [0, 0.1) is 0 Å². The molecule has 0 radical (unpaired) electrons. The molecule has 1 fully saturated rings. The molecule has 0 aliphatic carbocycles. The summed E-state index contributed by atoms with van der Waals surface area (Å²) in [6, 6.07) is 4.24. The van der Waals surface area contributed by atoms with Gasteiger partial charge >= 0.3 is 0 Å². The molecule has 4 heteroatoms. The lowest BCUT2D eigenvalue weighted by Crippen LogP contribution is -2.10. The Bertz CT molecular complexity index is 356. The van der Waals surface area contributed by atoms with Gasteiger partial charge in [-0.3, -0.25) is 0 Å². The summed E-state index contributed by atoms with van der Waals surface area (Å²) in [5.74, 6) is 0.494. The highest BCUT2D eigenvalue weighted by Gasteiger charge is 2.28. The lowest BCUT2D eigenvalue weighted by molar-refractivity contribution is -0.0540. The maximum atomic E-state index is 5.74. The highest BCUT2D eigenvalue weighted by Crippen LogP contribution is 2.36. The lowest BCUT2D eigenvalue weighted by atomic mass is 9.95. The zero-order chi connectivity index (χ0) is 11.8. The van der Waals surface area contributed by atoms with Crippen LogP contribution in [0.25, 0.3) is 0 Å². The average Bonchev–Trinajstić information content (AvgIpc) is 2.85. The van der Waals surface area contributed by atoms with Crippen LogP contribution in [0.3, 0.4) is 0 Å². The van der Waals surface area contributed by atoms with E-state index in [1.165, 1.54) is 4.88 Å². The number of alkyl halides is 1. The van der Waals surface area contributed by atoms with Crippen LogP contribution < -0.4 is 0 Å². The molecule has 0 spiro atoms. The molecule has 0 aromatic carbocycles. The zero-order valence-corrected chi connectivity index (χ0v) is 11.4. The van der Waals surface area contributed by atoms with Crippen molar-refractivity contribution in [1.82, 2.24) is 0 Å². The van der Waals surface area contributed by atoms with E-state index in [0.717, 1.165) is 4.88 Å². The van der Waals surface area contributed by atoms with Crippen LogP contribution in [0.2, 0.25) is 0 Å². The Kier molecular flexibility index (Phi) is 3.59. The molecule has 0 amide bonds. The van der Waals surface area contributed by atoms with Gasteiger partial charge in [-0.2, -0.15) is 0 Å². The fourth-order valence-corrected chi connectivity index (χ4v) is 2.77. The van der Waals surface area contributed by atoms with Gasteiger partial charge in [0.2, 0.25) is 0 Å². The van der Waals surface area contributed by atoms with E-state index in [9.17, 15) is 0 Å². The van der Waals surface area contributed by atoms with Crippen molar-refractivity contribution in [3.8, 4) is 0 Å². The lowest BCUT2D eigenvalue weighted by Gasteiger charge is -2.15. The molecule has 0 N–H and O–H groups in total. The number of ether oxygens (including phenoxy) is 2. The monoisotopic (exact) mass is 260 g/mol. The van der Waals surface area contributed by atoms with Crippen LogP contribution in [-0.4, -0.2) is 18.6 Å². The molecule has 16 heavy (non-hydrogen) atoms. The Morgan fingerprint density at radius 3 is 2.69 bits per heavy atom. The zero-order valence-electron chi connectivity index (χ0n) is 9.83. The fraction of sp³-hybridized carbons (Fsp3) is 0.667. The second kappa shape index (κ2) is 4.65. The summed E-state index contributed by atoms with van der Waals surface area (Å²) in [6.07, 6.45) is -0.184. The van der Waals surface area contributed by atoms with Crippen molar-refractivity contribution < 1.29 is 9.47 Å². The number of hydrogen-bond acceptors (Lipinski definition) is 3. The molecule has 1 aliphatic rings. The highest BCUT2D eigenvalue weighted by atomic mass is 35.5. The van der Waals surface area contributed by atoms with Gasteiger partial charge in [0.05, 0.1) is 23.5 Å². The Balaban J connectivity index is 2.08. The molecule has 1 saturated heterocycles. The molecule has 0 saturated carbocycles. The summed E-state index contributed by atoms with van der Waals surface area (Å²) in [4.78, 5) is 2.49. The average molecular weight is 261 g/mol. The number of halogens is 1. The largest absolute Gasteiger partial charge is 0.345 e. The Morgan fingerprint density at radius 1 is 1.44 bits per heavy atom. The van der Waals surface area contributed by atoms with Crippen LogP contribution in [0.4, 0.5) is 0 Å². The van der Waals surface area contributed by atoms with Crippen LogP contribution in [0.5, 0.6) is 0 Å². The van der Waals surface area contributed by atoms with E-state index in [2.05, 4.69) is 32.9 Å². The van der Waals surface area contributed by atoms with Crippen molar-refractivity contribution in [3.63, 3.8) is 0 Å². The summed E-state index contributed by atoms with van der Waals surface area (Å²) in [5.41, 5.74) is 0.188. The van der Waals surface area contributed by atoms with Crippen molar-refractivity contribution in [2.45, 2.75) is 38.6 Å². The fourth-order valence-electron chi connectivity index (χ4n) is 1.56. The summed E-state index contributed by atoms with van der Waals surface area (Å²) in [6.45, 7) is 7.22. The first-order valence-corrected chi connectivity index (χ1v) is 6.79. The molecule has 0 bridgehead atoms. The van der Waals surface area contributed by atoms with Gasteiger partial charge < -0.3 is 9.47 Å². The summed E-state index contributed by atoms with van der Waals surface area (Å²) in [5, 5.41) is 0. The first-order chi connectivity index (χ1) is 7.50. The molecule has 2 nitrogen and oxygen atoms in total. The summed E-state index contributed by atoms with van der Waals surface area (Å²) in [7, 11) is 0. The second-order valence-electron chi connectivity index (χ2n) is 5.03. The van der Waals surface area contributed by atoms with E-state index in [0.29, 0.717) is 12.5 Å². The van der Waals surface area contributed by atoms with Crippen LogP contribution >= 0.6 is 22.9 Å². The Morgan fingerprint density at radius 2 is 2.19 bits per heavy atom. The molecule has 2 unspecified atom stereocenters. The molecule has 2 heterocycles. The van der Waals surface area contributed by atoms with E-state index >= 15 is 0 Å². The van der Waals surface area contributed by atoms with Gasteiger partial charge in [-0.25, -0.2) is 0 Å². The van der Waals surface area contributed by atoms with Gasteiger partial charge in [0.1, 0.15) is 0 Å². The van der Waals surface area contributed by atoms with E-state index in [1.807, 2.05) is 0 Å². The second-order valence-corrected chi connectivity index (χ2v) is 6.45. The number of hydrogen-bond donors (Lipinski definition) is 0. The van der Waals surface area contributed by atoms with Crippen LogP contribution in [-0.2, 0) is 14.9 Å². The third-order valence-electron chi connectivity index (χ3n) is 2.52. The third kappa shape index (κ3) is 2.59. The topological polar surface area (TPSA) is 18.5 Å². The van der Waals surface area contributed by atoms with Crippen LogP contribution in [0.15, 0.2) is 12.1 Å². The van der Waals surface area contributed by atoms with Gasteiger partial charge in [-0.15, -0.1) is 22.9 Å². The van der Waals surface area contributed by atoms with Crippen LogP contribution in [0.1, 0.15) is 36.8 Å². The maximum absolute atomic E-state index is 5.74. The first-order valence-electron chi connectivity index (χ1n) is 5.44. The van der Waals surface area contributed by atoms with Crippen molar-refractivity contribution >= 4 is 22.9 Å². The van der Waals surface area contributed by atoms with Gasteiger partial charge in [0.15, 0.2) is 6.29 Å². The van der Waals surface area contributed by atoms with E-state index in [4.69, 9.17) is 21.1 Å². The summed E-state index contributed by atoms with van der Waals surface area (Å²) < 4.78 is 11.3. The molecule has 2 rings (SSSR count). The van der Waals surface area contributed by atoms with Gasteiger partial charge in [-0.1, -0.05) is 20.8 Å². The normalized spacial score (nSPS) is 26.2. The van der Waals surface area contributed by atoms with E-state index < -0.39 is 0 Å². The molecule has 1 aromatic heterocycles. The molecule has 1 aromatic rings. The molecular formula is C12H17ClO2S. The van der Waals surface area contributed by atoms with Gasteiger partial charge in [-0.05, 0) is 17.5 Å². The van der Waals surface area contributed by atoms with Gasteiger partial charge in [0.25, 0.3) is 0 Å². The Hall–Kier alpha value is -0.0900. The minimum atomic E-state index is -0.218. The summed E-state index contributed by atoms with van der Waals surface area (Å²) >= 11 is 7.49. The third-order valence-corrected chi connectivity index (χ3v) is 4.40. The molecule has 2 atom stereocenters. The molecular weight excluding hydrogens is 244 g/mol. The van der Waals surface area contributed by atoms with Gasteiger partial charge in [0, 0.05) is 4.88 Å². The standard InChI is InChI=1S/C12H17ClO2S/c1-12(2,3)10-5-4-9(16-10)11-14-7-8(6-13)15-11/h4-5,8,11H,6-7H2,1-3H3. The van der Waals surface area contributed by atoms with E-state index in [1.54, 1.807) is 11.3 Å². The predicted octanol–water partition coefficient (Wildman–Crippen LogP) is 3.70. The predicted molar refractivity (Wildman–Crippen MR) is 67.3 cm³/mol. The van der Waals surface area contributed by atoms with Crippen molar-refractivity contribution in [1.29, 1.82) is 0 Å². The SMILES string of the molecule is CC(C)(C)c1ccc(C2OCC(CCl)O2)s1. The van der Waals surface area contributed by atoms with E-state index in [-0.39, 0.29) is 17.8 Å². The minimum Gasteiger partial charge on any atom is -0.345 e. The highest BCUT2D eigenvalue weighted by molar-refractivity contribution is 7.12. The molecule has 1 aliphatic heterocycles. The Labute approximate surface area is 106 Å². The quantitative estimate of drug-likeness (QED) is 0.755.